The van der Waals surface area contributed by atoms with Gasteiger partial charge in [-0.25, -0.2) is 0 Å². The number of allylic oxidation sites excluding steroid dienone is 1. The fourth-order valence-electron chi connectivity index (χ4n) is 0.667. The summed E-state index contributed by atoms with van der Waals surface area (Å²) in [6.45, 7) is 13.9. The van der Waals surface area contributed by atoms with E-state index < -0.39 is 8.07 Å². The first-order valence-corrected chi connectivity index (χ1v) is 7.03. The van der Waals surface area contributed by atoms with Crippen LogP contribution < -0.4 is 0 Å². The van der Waals surface area contributed by atoms with Crippen molar-refractivity contribution in [3.05, 3.63) is 11.8 Å². The monoisotopic (exact) mass is 156 g/mol. The van der Waals surface area contributed by atoms with Crippen molar-refractivity contribution in [2.24, 2.45) is 0 Å². The molecule has 0 heterocycles. The van der Waals surface area contributed by atoms with E-state index in [0.29, 0.717) is 5.04 Å². The highest BCUT2D eigenvalue weighted by atomic mass is 28.3. The van der Waals surface area contributed by atoms with Crippen molar-refractivity contribution in [3.63, 3.8) is 0 Å². The average molecular weight is 156 g/mol. The Balaban J connectivity index is 4.40. The van der Waals surface area contributed by atoms with Gasteiger partial charge in [0.05, 0.1) is 8.07 Å². The molecule has 0 saturated carbocycles. The van der Waals surface area contributed by atoms with E-state index in [-0.39, 0.29) is 0 Å². The van der Waals surface area contributed by atoms with Crippen LogP contribution in [0.1, 0.15) is 27.7 Å². The molecule has 0 radical (unpaired) electrons. The number of hydrogen-bond donors (Lipinski definition) is 0. The Morgan fingerprint density at radius 2 is 1.50 bits per heavy atom. The van der Waals surface area contributed by atoms with E-state index in [0.717, 1.165) is 0 Å². The van der Waals surface area contributed by atoms with E-state index in [1.165, 1.54) is 0 Å². The molecule has 0 aliphatic rings. The summed E-state index contributed by atoms with van der Waals surface area (Å²) in [6.07, 6.45) is 2.19. The van der Waals surface area contributed by atoms with Crippen molar-refractivity contribution >= 4 is 8.07 Å². The fraction of sp³-hybridized carbons (Fsp3) is 0.778. The van der Waals surface area contributed by atoms with Gasteiger partial charge in [-0.1, -0.05) is 45.6 Å². The highest BCUT2D eigenvalue weighted by Gasteiger charge is 2.31. The topological polar surface area (TPSA) is 0 Å². The second-order valence-corrected chi connectivity index (χ2v) is 9.75. The Bertz CT molecular complexity index is 126. The fourth-order valence-corrected chi connectivity index (χ4v) is 2.00. The molecule has 0 nitrogen and oxygen atoms in total. The molecule has 0 unspecified atom stereocenters. The Labute approximate surface area is 66.4 Å². The lowest BCUT2D eigenvalue weighted by molar-refractivity contribution is 0.728. The highest BCUT2D eigenvalue weighted by Crippen LogP contribution is 2.36. The van der Waals surface area contributed by atoms with E-state index >= 15 is 0 Å². The lowest BCUT2D eigenvalue weighted by Crippen LogP contribution is -2.34. The van der Waals surface area contributed by atoms with Gasteiger partial charge in [0.2, 0.25) is 0 Å². The van der Waals surface area contributed by atoms with Crippen LogP contribution in [0.2, 0.25) is 18.1 Å². The summed E-state index contributed by atoms with van der Waals surface area (Å²) in [5, 5.41) is 0.500. The number of rotatable bonds is 1. The van der Waals surface area contributed by atoms with Gasteiger partial charge in [0.1, 0.15) is 0 Å². The maximum Gasteiger partial charge on any atom is 0.0765 e. The summed E-state index contributed by atoms with van der Waals surface area (Å²) < 4.78 is 0. The predicted octanol–water partition coefficient (Wildman–Crippen LogP) is 3.61. The Morgan fingerprint density at radius 1 is 1.10 bits per heavy atom. The predicted molar refractivity (Wildman–Crippen MR) is 52.0 cm³/mol. The van der Waals surface area contributed by atoms with Crippen molar-refractivity contribution in [2.45, 2.75) is 45.8 Å². The third kappa shape index (κ3) is 2.29. The molecular formula is C9H20Si. The summed E-state index contributed by atoms with van der Waals surface area (Å²) in [5.74, 6) is 0. The van der Waals surface area contributed by atoms with Gasteiger partial charge in [-0.05, 0) is 12.0 Å². The molecule has 0 bridgehead atoms. The third-order valence-corrected chi connectivity index (χ3v) is 7.55. The van der Waals surface area contributed by atoms with Gasteiger partial charge in [0, 0.05) is 0 Å². The van der Waals surface area contributed by atoms with Gasteiger partial charge in [-0.2, -0.15) is 0 Å². The van der Waals surface area contributed by atoms with Crippen LogP contribution in [0.25, 0.3) is 0 Å². The molecule has 0 aromatic heterocycles. The second-order valence-electron chi connectivity index (χ2n) is 4.47. The summed E-state index contributed by atoms with van der Waals surface area (Å²) in [4.78, 5) is 0. The van der Waals surface area contributed by atoms with Gasteiger partial charge in [-0.3, -0.25) is 0 Å². The normalized spacial score (nSPS) is 14.6. The van der Waals surface area contributed by atoms with Crippen molar-refractivity contribution < 1.29 is 0 Å². The summed E-state index contributed by atoms with van der Waals surface area (Å²) in [5.41, 5.74) is 2.41. The van der Waals surface area contributed by atoms with Gasteiger partial charge in [0.25, 0.3) is 0 Å². The summed E-state index contributed by atoms with van der Waals surface area (Å²) >= 11 is 0. The SMILES string of the molecule is CC=C[Si](C)(C)C(C)(C)C. The van der Waals surface area contributed by atoms with E-state index in [1.54, 1.807) is 0 Å². The molecule has 0 saturated heterocycles. The summed E-state index contributed by atoms with van der Waals surface area (Å²) in [6, 6.07) is 0. The standard InChI is InChI=1S/C9H20Si/c1-7-8-10(5,6)9(2,3)4/h7-8H,1-6H3. The van der Waals surface area contributed by atoms with Crippen molar-refractivity contribution in [1.29, 1.82) is 0 Å². The lowest BCUT2D eigenvalue weighted by atomic mass is 10.2. The molecule has 0 fully saturated rings. The minimum Gasteiger partial charge on any atom is -0.0984 e. The molecule has 1 heteroatoms. The quantitative estimate of drug-likeness (QED) is 0.509. The van der Waals surface area contributed by atoms with Crippen LogP contribution in [0.3, 0.4) is 0 Å². The Morgan fingerprint density at radius 3 is 1.60 bits per heavy atom. The van der Waals surface area contributed by atoms with Crippen LogP contribution >= 0.6 is 0 Å². The van der Waals surface area contributed by atoms with Crippen LogP contribution in [0.5, 0.6) is 0 Å². The molecule has 0 aromatic rings. The maximum absolute atomic E-state index is 2.41. The smallest absolute Gasteiger partial charge is 0.0765 e. The van der Waals surface area contributed by atoms with Crippen LogP contribution in [0, 0.1) is 0 Å². The first-order chi connectivity index (χ1) is 4.31. The van der Waals surface area contributed by atoms with Gasteiger partial charge >= 0.3 is 0 Å². The Kier molecular flexibility index (Phi) is 2.90. The average Bonchev–Trinajstić information content (AvgIpc) is 1.61. The molecule has 60 valence electrons. The summed E-state index contributed by atoms with van der Waals surface area (Å²) in [7, 11) is -1.09. The molecule has 0 aliphatic heterocycles. The molecule has 0 spiro atoms. The molecule has 0 aromatic carbocycles. The highest BCUT2D eigenvalue weighted by molar-refractivity contribution is 6.84. The van der Waals surface area contributed by atoms with E-state index in [2.05, 4.69) is 52.6 Å². The van der Waals surface area contributed by atoms with Gasteiger partial charge < -0.3 is 0 Å². The minimum absolute atomic E-state index is 0.500. The van der Waals surface area contributed by atoms with Crippen LogP contribution in [0.4, 0.5) is 0 Å². The van der Waals surface area contributed by atoms with Crippen molar-refractivity contribution in [1.82, 2.24) is 0 Å². The first kappa shape index (κ1) is 9.96. The van der Waals surface area contributed by atoms with Gasteiger partial charge in [-0.15, -0.1) is 0 Å². The maximum atomic E-state index is 2.41. The van der Waals surface area contributed by atoms with Crippen LogP contribution in [-0.2, 0) is 0 Å². The Hall–Kier alpha value is -0.0431. The first-order valence-electron chi connectivity index (χ1n) is 3.95. The number of hydrogen-bond acceptors (Lipinski definition) is 0. The molecule has 0 amide bonds. The minimum atomic E-state index is -1.09. The van der Waals surface area contributed by atoms with Crippen molar-refractivity contribution in [2.75, 3.05) is 0 Å². The molecular weight excluding hydrogens is 136 g/mol. The largest absolute Gasteiger partial charge is 0.0984 e. The second kappa shape index (κ2) is 2.91. The van der Waals surface area contributed by atoms with Gasteiger partial charge in [0.15, 0.2) is 0 Å². The molecule has 0 N–H and O–H groups in total. The molecule has 0 aliphatic carbocycles. The van der Waals surface area contributed by atoms with E-state index in [4.69, 9.17) is 0 Å². The molecule has 0 atom stereocenters. The zero-order chi connectivity index (χ0) is 8.41. The van der Waals surface area contributed by atoms with Crippen molar-refractivity contribution in [3.8, 4) is 0 Å². The van der Waals surface area contributed by atoms with Crippen LogP contribution in [-0.4, -0.2) is 8.07 Å². The molecule has 0 rings (SSSR count). The zero-order valence-corrected chi connectivity index (χ0v) is 9.15. The van der Waals surface area contributed by atoms with E-state index in [1.807, 2.05) is 0 Å². The lowest BCUT2D eigenvalue weighted by Gasteiger charge is -2.34. The molecule has 10 heavy (non-hydrogen) atoms. The van der Waals surface area contributed by atoms with E-state index in [9.17, 15) is 0 Å². The van der Waals surface area contributed by atoms with Crippen LogP contribution in [0.15, 0.2) is 11.8 Å². The third-order valence-electron chi connectivity index (χ3n) is 2.52. The zero-order valence-electron chi connectivity index (χ0n) is 8.15.